The van der Waals surface area contributed by atoms with Gasteiger partial charge in [0.15, 0.2) is 0 Å². The lowest BCUT2D eigenvalue weighted by atomic mass is 9.48. The lowest BCUT2D eigenvalue weighted by molar-refractivity contribution is -0.168. The van der Waals surface area contributed by atoms with E-state index in [0.717, 1.165) is 19.3 Å². The van der Waals surface area contributed by atoms with E-state index in [1.807, 2.05) is 0 Å². The number of nitrogens with zero attached hydrogens (tertiary/aromatic N) is 2. The van der Waals surface area contributed by atoms with Crippen molar-refractivity contribution in [1.29, 1.82) is 0 Å². The normalized spacial score (nSPS) is 34.8. The van der Waals surface area contributed by atoms with Crippen LogP contribution in [-0.4, -0.2) is 41.1 Å². The summed E-state index contributed by atoms with van der Waals surface area (Å²) in [5, 5.41) is 17.4. The molecule has 0 aliphatic heterocycles. The molecule has 1 heterocycles. The molecule has 7 nitrogen and oxygen atoms in total. The molecule has 26 heavy (non-hydrogen) atoms. The molecule has 8 heteroatoms. The van der Waals surface area contributed by atoms with Crippen LogP contribution < -0.4 is 10.9 Å². The third kappa shape index (κ3) is 2.63. The van der Waals surface area contributed by atoms with Crippen molar-refractivity contribution in [3.63, 3.8) is 0 Å². The van der Waals surface area contributed by atoms with Crippen molar-refractivity contribution >= 4 is 23.3 Å². The van der Waals surface area contributed by atoms with Crippen LogP contribution in [-0.2, 0) is 15.1 Å². The molecule has 2 N–H and O–H groups in total. The van der Waals surface area contributed by atoms with Crippen LogP contribution in [0.1, 0.15) is 32.1 Å². The lowest BCUT2D eigenvalue weighted by Gasteiger charge is -2.59. The number of aliphatic carboxylic acids is 1. The first kappa shape index (κ1) is 17.8. The maximum atomic E-state index is 13.0. The van der Waals surface area contributed by atoms with Crippen molar-refractivity contribution in [3.05, 3.63) is 21.6 Å². The number of nitrogens with one attached hydrogen (secondary N) is 1. The largest absolute Gasteiger partial charge is 0.481 e. The Morgan fingerprint density at radius 3 is 2.73 bits per heavy atom. The Labute approximate surface area is 156 Å². The van der Waals surface area contributed by atoms with Gasteiger partial charge in [-0.05, 0) is 49.9 Å². The molecule has 1 aromatic rings. The highest BCUT2D eigenvalue weighted by molar-refractivity contribution is 6.32. The van der Waals surface area contributed by atoms with E-state index in [1.165, 1.54) is 10.9 Å². The number of anilines is 1. The summed E-state index contributed by atoms with van der Waals surface area (Å²) >= 11 is 6.32. The van der Waals surface area contributed by atoms with E-state index in [2.05, 4.69) is 10.4 Å². The number of ether oxygens (including phenoxy) is 1. The molecule has 0 unspecified atom stereocenters. The van der Waals surface area contributed by atoms with Gasteiger partial charge in [-0.25, -0.2) is 4.68 Å². The molecule has 0 spiro atoms. The number of hydrogen-bond acceptors (Lipinski definition) is 5. The Morgan fingerprint density at radius 1 is 1.42 bits per heavy atom. The number of halogens is 1. The monoisotopic (exact) mass is 381 g/mol. The molecular formula is C18H24ClN3O4. The number of rotatable bonds is 6. The molecule has 4 aliphatic carbocycles. The van der Waals surface area contributed by atoms with Crippen molar-refractivity contribution in [1.82, 2.24) is 9.78 Å². The highest BCUT2D eigenvalue weighted by Crippen LogP contribution is 2.61. The second kappa shape index (κ2) is 6.53. The molecule has 142 valence electrons. The molecule has 3 atom stereocenters. The van der Waals surface area contributed by atoms with E-state index in [0.29, 0.717) is 43.5 Å². The first-order chi connectivity index (χ1) is 12.5. The fourth-order valence-corrected chi connectivity index (χ4v) is 6.09. The number of methoxy groups -OCH3 is 1. The Hall–Kier alpha value is -1.60. The van der Waals surface area contributed by atoms with Gasteiger partial charge in [-0.15, -0.1) is 0 Å². The van der Waals surface area contributed by atoms with Crippen molar-refractivity contribution in [2.24, 2.45) is 23.7 Å². The molecule has 4 aliphatic rings. The number of carboxylic acid groups (broad SMARTS) is 1. The predicted molar refractivity (Wildman–Crippen MR) is 96.5 cm³/mol. The summed E-state index contributed by atoms with van der Waals surface area (Å²) in [4.78, 5) is 25.1. The Bertz CT molecular complexity index is 766. The predicted octanol–water partition coefficient (Wildman–Crippen LogP) is 2.19. The highest BCUT2D eigenvalue weighted by atomic mass is 35.5. The van der Waals surface area contributed by atoms with Gasteiger partial charge in [-0.1, -0.05) is 11.6 Å². The third-order valence-electron chi connectivity index (χ3n) is 6.50. The molecule has 0 aromatic carbocycles. The van der Waals surface area contributed by atoms with Crippen LogP contribution in [0.4, 0.5) is 5.69 Å². The summed E-state index contributed by atoms with van der Waals surface area (Å²) in [5.74, 6) is -0.291. The Morgan fingerprint density at radius 2 is 2.12 bits per heavy atom. The molecule has 0 saturated heterocycles. The standard InChI is InChI=1S/C18H24ClN3O4/c1-26-3-2-20-13-9-21-22(16(23)15(13)19)18-7-10-4-11(8-18)6-12(5-10)14(18)17(24)25/h9-12,14,20H,2-8H2,1H3,(H,24,25)/t10-,11-,12?,14+,18?/m0/s1. The first-order valence-electron chi connectivity index (χ1n) is 9.20. The van der Waals surface area contributed by atoms with Gasteiger partial charge in [-0.3, -0.25) is 9.59 Å². The first-order valence-corrected chi connectivity index (χ1v) is 9.58. The summed E-state index contributed by atoms with van der Waals surface area (Å²) in [7, 11) is 1.60. The zero-order valence-electron chi connectivity index (χ0n) is 14.8. The molecule has 5 rings (SSSR count). The number of aromatic nitrogens is 2. The maximum absolute atomic E-state index is 13.0. The summed E-state index contributed by atoms with van der Waals surface area (Å²) in [6.45, 7) is 0.992. The van der Waals surface area contributed by atoms with Gasteiger partial charge in [0, 0.05) is 13.7 Å². The molecule has 4 fully saturated rings. The van der Waals surface area contributed by atoms with E-state index in [-0.39, 0.29) is 10.9 Å². The number of carbonyl (C=O) groups is 1. The zero-order valence-corrected chi connectivity index (χ0v) is 15.5. The molecule has 0 amide bonds. The maximum Gasteiger partial charge on any atom is 0.309 e. The lowest BCUT2D eigenvalue weighted by Crippen LogP contribution is -2.63. The molecule has 0 radical (unpaired) electrons. The quantitative estimate of drug-likeness (QED) is 0.734. The van der Waals surface area contributed by atoms with Gasteiger partial charge in [0.25, 0.3) is 5.56 Å². The summed E-state index contributed by atoms with van der Waals surface area (Å²) < 4.78 is 6.39. The fraction of sp³-hybridized carbons (Fsp3) is 0.722. The van der Waals surface area contributed by atoms with Crippen LogP contribution in [0.2, 0.25) is 5.02 Å². The van der Waals surface area contributed by atoms with Crippen LogP contribution in [0, 0.1) is 23.7 Å². The van der Waals surface area contributed by atoms with Crippen LogP contribution >= 0.6 is 11.6 Å². The topological polar surface area (TPSA) is 93.4 Å². The third-order valence-corrected chi connectivity index (χ3v) is 6.87. The SMILES string of the molecule is COCCNc1cnn(C23C[C@@H]4CC(C[C@H](C4)C2)[C@@H]3C(=O)O)c(=O)c1Cl. The van der Waals surface area contributed by atoms with Crippen molar-refractivity contribution < 1.29 is 14.6 Å². The van der Waals surface area contributed by atoms with Gasteiger partial charge in [0.1, 0.15) is 5.02 Å². The fourth-order valence-electron chi connectivity index (χ4n) is 5.89. The highest BCUT2D eigenvalue weighted by Gasteiger charge is 2.61. The minimum atomic E-state index is -0.819. The summed E-state index contributed by atoms with van der Waals surface area (Å²) in [6, 6.07) is 0. The van der Waals surface area contributed by atoms with Gasteiger partial charge >= 0.3 is 5.97 Å². The number of carboxylic acids is 1. The minimum absolute atomic E-state index is 0.0657. The van der Waals surface area contributed by atoms with E-state index in [9.17, 15) is 14.7 Å². The summed E-state index contributed by atoms with van der Waals surface area (Å²) in [5.41, 5.74) is -0.685. The van der Waals surface area contributed by atoms with Crippen LogP contribution in [0.3, 0.4) is 0 Å². The van der Waals surface area contributed by atoms with Crippen LogP contribution in [0.5, 0.6) is 0 Å². The zero-order chi connectivity index (χ0) is 18.5. The van der Waals surface area contributed by atoms with Gasteiger partial charge < -0.3 is 15.2 Å². The molecule has 4 saturated carbocycles. The minimum Gasteiger partial charge on any atom is -0.481 e. The van der Waals surface area contributed by atoms with Crippen molar-refractivity contribution in [2.45, 2.75) is 37.6 Å². The van der Waals surface area contributed by atoms with Gasteiger partial charge in [0.2, 0.25) is 0 Å². The van der Waals surface area contributed by atoms with Crippen molar-refractivity contribution in [3.8, 4) is 0 Å². The molecule has 4 bridgehead atoms. The summed E-state index contributed by atoms with van der Waals surface area (Å²) in [6.07, 6.45) is 6.00. The van der Waals surface area contributed by atoms with E-state index < -0.39 is 23.0 Å². The second-order valence-electron chi connectivity index (χ2n) is 8.04. The van der Waals surface area contributed by atoms with Crippen molar-refractivity contribution in [2.75, 3.05) is 25.6 Å². The van der Waals surface area contributed by atoms with Crippen LogP contribution in [0.25, 0.3) is 0 Å². The smallest absolute Gasteiger partial charge is 0.309 e. The average Bonchev–Trinajstić information content (AvgIpc) is 2.57. The van der Waals surface area contributed by atoms with E-state index in [1.54, 1.807) is 7.11 Å². The molecular weight excluding hydrogens is 358 g/mol. The Balaban J connectivity index is 1.74. The molecule has 1 aromatic heterocycles. The van der Waals surface area contributed by atoms with E-state index in [4.69, 9.17) is 16.3 Å². The van der Waals surface area contributed by atoms with Gasteiger partial charge in [0.05, 0.1) is 29.9 Å². The number of hydrogen-bond donors (Lipinski definition) is 2. The van der Waals surface area contributed by atoms with E-state index >= 15 is 0 Å². The Kier molecular flexibility index (Phi) is 4.47. The van der Waals surface area contributed by atoms with Gasteiger partial charge in [-0.2, -0.15) is 5.10 Å². The average molecular weight is 382 g/mol. The van der Waals surface area contributed by atoms with Crippen LogP contribution in [0.15, 0.2) is 11.0 Å². The second-order valence-corrected chi connectivity index (χ2v) is 8.41.